The summed E-state index contributed by atoms with van der Waals surface area (Å²) in [6, 6.07) is 12.8. The van der Waals surface area contributed by atoms with Crippen LogP contribution in [0, 0.1) is 12.7 Å². The largest absolute Gasteiger partial charge is 0.324 e. The maximum atomic E-state index is 13.5. The summed E-state index contributed by atoms with van der Waals surface area (Å²) in [6.45, 7) is 2.45. The van der Waals surface area contributed by atoms with E-state index in [-0.39, 0.29) is 10.8 Å². The predicted molar refractivity (Wildman–Crippen MR) is 75.0 cm³/mol. The van der Waals surface area contributed by atoms with Crippen LogP contribution in [0.15, 0.2) is 42.5 Å². The fourth-order valence-electron chi connectivity index (χ4n) is 2.24. The number of hydrogen-bond donors (Lipinski definition) is 0. The van der Waals surface area contributed by atoms with Gasteiger partial charge in [-0.25, -0.2) is 9.37 Å². The van der Waals surface area contributed by atoms with Crippen molar-refractivity contribution in [3.63, 3.8) is 0 Å². The fourth-order valence-corrected chi connectivity index (χ4v) is 2.42. The van der Waals surface area contributed by atoms with E-state index in [1.165, 1.54) is 6.07 Å². The minimum Gasteiger partial charge on any atom is -0.324 e. The van der Waals surface area contributed by atoms with Crippen LogP contribution in [0.1, 0.15) is 11.4 Å². The molecule has 0 radical (unpaired) electrons. The number of rotatable bonds is 2. The van der Waals surface area contributed by atoms with Gasteiger partial charge in [-0.1, -0.05) is 35.9 Å². The highest BCUT2D eigenvalue weighted by atomic mass is 35.5. The second-order valence-electron chi connectivity index (χ2n) is 4.45. The molecule has 0 spiro atoms. The third-order valence-electron chi connectivity index (χ3n) is 3.21. The Balaban J connectivity index is 2.11. The molecule has 0 aliphatic heterocycles. The van der Waals surface area contributed by atoms with Crippen LogP contribution in [0.4, 0.5) is 4.39 Å². The number of para-hydroxylation sites is 2. The first-order valence-electron chi connectivity index (χ1n) is 6.01. The molecule has 0 saturated heterocycles. The molecule has 96 valence electrons. The van der Waals surface area contributed by atoms with E-state index in [0.717, 1.165) is 22.4 Å². The lowest BCUT2D eigenvalue weighted by Gasteiger charge is -2.09. The van der Waals surface area contributed by atoms with Crippen molar-refractivity contribution >= 4 is 22.6 Å². The molecule has 1 heterocycles. The standard InChI is InChI=1S/C15H12ClFN2/c1-10-18-13-7-2-3-8-14(13)19(10)9-11-5-4-6-12(17)15(11)16/h2-8H,9H2,1H3. The van der Waals surface area contributed by atoms with Crippen molar-refractivity contribution in [3.05, 3.63) is 64.7 Å². The van der Waals surface area contributed by atoms with Crippen LogP contribution in [0.5, 0.6) is 0 Å². The number of benzene rings is 2. The smallest absolute Gasteiger partial charge is 0.142 e. The molecule has 2 nitrogen and oxygen atoms in total. The maximum Gasteiger partial charge on any atom is 0.142 e. The zero-order valence-electron chi connectivity index (χ0n) is 10.4. The normalized spacial score (nSPS) is 11.1. The van der Waals surface area contributed by atoms with Gasteiger partial charge in [0, 0.05) is 0 Å². The minimum absolute atomic E-state index is 0.180. The Kier molecular flexibility index (Phi) is 2.99. The predicted octanol–water partition coefficient (Wildman–Crippen LogP) is 4.19. The molecule has 3 aromatic rings. The zero-order chi connectivity index (χ0) is 13.4. The van der Waals surface area contributed by atoms with E-state index < -0.39 is 0 Å². The van der Waals surface area contributed by atoms with Crippen molar-refractivity contribution in [1.82, 2.24) is 9.55 Å². The van der Waals surface area contributed by atoms with Gasteiger partial charge in [0.05, 0.1) is 22.6 Å². The number of hydrogen-bond acceptors (Lipinski definition) is 1. The van der Waals surface area contributed by atoms with Gasteiger partial charge in [0.15, 0.2) is 0 Å². The second kappa shape index (κ2) is 4.67. The number of imidazole rings is 1. The molecule has 2 aromatic carbocycles. The van der Waals surface area contributed by atoms with Crippen LogP contribution in [0.2, 0.25) is 5.02 Å². The number of aromatic nitrogens is 2. The van der Waals surface area contributed by atoms with Crippen LogP contribution in [0.3, 0.4) is 0 Å². The molecule has 4 heteroatoms. The van der Waals surface area contributed by atoms with Gasteiger partial charge in [-0.2, -0.15) is 0 Å². The lowest BCUT2D eigenvalue weighted by molar-refractivity contribution is 0.624. The van der Waals surface area contributed by atoms with Crippen LogP contribution in [0.25, 0.3) is 11.0 Å². The maximum absolute atomic E-state index is 13.5. The molecule has 0 atom stereocenters. The third-order valence-corrected chi connectivity index (χ3v) is 3.63. The summed E-state index contributed by atoms with van der Waals surface area (Å²) in [5.74, 6) is 0.503. The Labute approximate surface area is 115 Å². The molecule has 0 aliphatic carbocycles. The summed E-state index contributed by atoms with van der Waals surface area (Å²) in [4.78, 5) is 4.49. The lowest BCUT2D eigenvalue weighted by Crippen LogP contribution is -2.03. The quantitative estimate of drug-likeness (QED) is 0.685. The Hall–Kier alpha value is -1.87. The molecule has 3 rings (SSSR count). The van der Waals surface area contributed by atoms with Crippen LogP contribution >= 0.6 is 11.6 Å². The van der Waals surface area contributed by atoms with Crippen molar-refractivity contribution in [1.29, 1.82) is 0 Å². The van der Waals surface area contributed by atoms with E-state index in [1.807, 2.05) is 41.8 Å². The lowest BCUT2D eigenvalue weighted by atomic mass is 10.2. The minimum atomic E-state index is -0.388. The summed E-state index contributed by atoms with van der Waals surface area (Å²) in [7, 11) is 0. The Morgan fingerprint density at radius 3 is 2.79 bits per heavy atom. The monoisotopic (exact) mass is 274 g/mol. The average Bonchev–Trinajstić information content (AvgIpc) is 2.72. The van der Waals surface area contributed by atoms with Gasteiger partial charge >= 0.3 is 0 Å². The summed E-state index contributed by atoms with van der Waals surface area (Å²) in [5, 5.41) is 0.180. The summed E-state index contributed by atoms with van der Waals surface area (Å²) in [6.07, 6.45) is 0. The van der Waals surface area contributed by atoms with Gasteiger partial charge in [-0.05, 0) is 30.7 Å². The van der Waals surface area contributed by atoms with Gasteiger partial charge in [0.1, 0.15) is 11.6 Å². The number of halogens is 2. The second-order valence-corrected chi connectivity index (χ2v) is 4.82. The van der Waals surface area contributed by atoms with E-state index >= 15 is 0 Å². The van der Waals surface area contributed by atoms with Gasteiger partial charge in [-0.15, -0.1) is 0 Å². The number of aryl methyl sites for hydroxylation is 1. The molecule has 0 unspecified atom stereocenters. The molecule has 1 aromatic heterocycles. The Bertz CT molecular complexity index is 749. The molecule has 0 aliphatic rings. The molecule has 0 saturated carbocycles. The molecular formula is C15H12ClFN2. The van der Waals surface area contributed by atoms with Crippen molar-refractivity contribution in [2.45, 2.75) is 13.5 Å². The van der Waals surface area contributed by atoms with Gasteiger partial charge in [0.2, 0.25) is 0 Å². The summed E-state index contributed by atoms with van der Waals surface area (Å²) in [5.41, 5.74) is 2.72. The van der Waals surface area contributed by atoms with Crippen LogP contribution in [-0.4, -0.2) is 9.55 Å². The highest BCUT2D eigenvalue weighted by Gasteiger charge is 2.10. The van der Waals surface area contributed by atoms with E-state index in [2.05, 4.69) is 4.98 Å². The SMILES string of the molecule is Cc1nc2ccccc2n1Cc1cccc(F)c1Cl. The van der Waals surface area contributed by atoms with Crippen molar-refractivity contribution in [3.8, 4) is 0 Å². The Morgan fingerprint density at radius 1 is 1.16 bits per heavy atom. The van der Waals surface area contributed by atoms with E-state index in [4.69, 9.17) is 11.6 Å². The average molecular weight is 275 g/mol. The van der Waals surface area contributed by atoms with Crippen molar-refractivity contribution in [2.75, 3.05) is 0 Å². The molecule has 0 fully saturated rings. The highest BCUT2D eigenvalue weighted by molar-refractivity contribution is 6.31. The van der Waals surface area contributed by atoms with Crippen LogP contribution < -0.4 is 0 Å². The Morgan fingerprint density at radius 2 is 1.95 bits per heavy atom. The summed E-state index contributed by atoms with van der Waals surface area (Å²) < 4.78 is 15.5. The van der Waals surface area contributed by atoms with Gasteiger partial charge in [-0.3, -0.25) is 0 Å². The first-order chi connectivity index (χ1) is 9.16. The summed E-state index contributed by atoms with van der Waals surface area (Å²) >= 11 is 6.00. The zero-order valence-corrected chi connectivity index (χ0v) is 11.2. The number of nitrogens with zero attached hydrogens (tertiary/aromatic N) is 2. The molecule has 19 heavy (non-hydrogen) atoms. The fraction of sp³-hybridized carbons (Fsp3) is 0.133. The highest BCUT2D eigenvalue weighted by Crippen LogP contribution is 2.23. The third kappa shape index (κ3) is 2.10. The van der Waals surface area contributed by atoms with Crippen LogP contribution in [-0.2, 0) is 6.54 Å². The van der Waals surface area contributed by atoms with E-state index in [0.29, 0.717) is 6.54 Å². The van der Waals surface area contributed by atoms with Gasteiger partial charge < -0.3 is 4.57 Å². The molecular weight excluding hydrogens is 263 g/mol. The van der Waals surface area contributed by atoms with E-state index in [9.17, 15) is 4.39 Å². The molecule has 0 N–H and O–H groups in total. The van der Waals surface area contributed by atoms with Crippen molar-refractivity contribution < 1.29 is 4.39 Å². The molecule has 0 amide bonds. The number of fused-ring (bicyclic) bond motifs is 1. The topological polar surface area (TPSA) is 17.8 Å². The van der Waals surface area contributed by atoms with Gasteiger partial charge in [0.25, 0.3) is 0 Å². The first kappa shape index (κ1) is 12.2. The first-order valence-corrected chi connectivity index (χ1v) is 6.39. The van der Waals surface area contributed by atoms with Crippen molar-refractivity contribution in [2.24, 2.45) is 0 Å². The van der Waals surface area contributed by atoms with E-state index in [1.54, 1.807) is 6.07 Å². The molecule has 0 bridgehead atoms.